The molecule has 0 aliphatic carbocycles. The minimum atomic E-state index is -3.49. The van der Waals surface area contributed by atoms with Gasteiger partial charge in [0.2, 0.25) is 0 Å². The summed E-state index contributed by atoms with van der Waals surface area (Å²) in [5.74, 6) is 0. The molecule has 114 valence electrons. The molecule has 1 aliphatic heterocycles. The van der Waals surface area contributed by atoms with Crippen molar-refractivity contribution in [2.24, 2.45) is 0 Å². The molecule has 1 N–H and O–H groups in total. The second kappa shape index (κ2) is 6.53. The Morgan fingerprint density at radius 1 is 1.55 bits per heavy atom. The molecule has 1 unspecified atom stereocenters. The van der Waals surface area contributed by atoms with E-state index in [1.54, 1.807) is 6.07 Å². The van der Waals surface area contributed by atoms with Crippen LogP contribution in [0.1, 0.15) is 30.2 Å². The highest BCUT2D eigenvalue weighted by Crippen LogP contribution is 2.29. The molecule has 0 spiro atoms. The highest BCUT2D eigenvalue weighted by Gasteiger charge is 2.29. The fraction of sp³-hybridized carbons (Fsp3) is 0.692. The number of aryl methyl sites for hydroxylation is 1. The van der Waals surface area contributed by atoms with E-state index in [0.29, 0.717) is 22.2 Å². The maximum absolute atomic E-state index is 12.6. The number of hydrogen-bond acceptors (Lipinski definition) is 5. The van der Waals surface area contributed by atoms with Gasteiger partial charge in [-0.15, -0.1) is 11.3 Å². The molecule has 0 bridgehead atoms. The number of aliphatic hydroxyl groups is 1. The molecule has 2 heterocycles. The summed E-state index contributed by atoms with van der Waals surface area (Å²) in [6.07, 6.45) is 1.91. The zero-order valence-electron chi connectivity index (χ0n) is 11.8. The van der Waals surface area contributed by atoms with Gasteiger partial charge in [-0.2, -0.15) is 4.31 Å². The molecule has 5 nitrogen and oxygen atoms in total. The number of nitrogens with zero attached hydrogens (tertiary/aromatic N) is 1. The smallest absolute Gasteiger partial charge is 0.252 e. The van der Waals surface area contributed by atoms with Crippen molar-refractivity contribution in [3.05, 3.63) is 16.5 Å². The maximum atomic E-state index is 12.6. The van der Waals surface area contributed by atoms with Crippen molar-refractivity contribution in [1.82, 2.24) is 4.31 Å². The van der Waals surface area contributed by atoms with Crippen LogP contribution in [0.4, 0.5) is 0 Å². The molecular weight excluding hydrogens is 298 g/mol. The van der Waals surface area contributed by atoms with Gasteiger partial charge in [-0.25, -0.2) is 8.42 Å². The van der Waals surface area contributed by atoms with Gasteiger partial charge < -0.3 is 9.84 Å². The zero-order valence-corrected chi connectivity index (χ0v) is 13.5. The van der Waals surface area contributed by atoms with E-state index in [9.17, 15) is 13.5 Å². The summed E-state index contributed by atoms with van der Waals surface area (Å²) in [5.41, 5.74) is 0.823. The molecule has 1 aromatic rings. The first-order valence-electron chi connectivity index (χ1n) is 6.81. The van der Waals surface area contributed by atoms with Gasteiger partial charge in [-0.05, 0) is 31.4 Å². The van der Waals surface area contributed by atoms with Gasteiger partial charge in [0.15, 0.2) is 0 Å². The molecule has 0 amide bonds. The minimum Gasteiger partial charge on any atom is -0.391 e. The predicted molar refractivity (Wildman–Crippen MR) is 78.4 cm³/mol. The monoisotopic (exact) mass is 319 g/mol. The second-order valence-electron chi connectivity index (χ2n) is 4.92. The number of hydrogen-bond donors (Lipinski definition) is 1. The van der Waals surface area contributed by atoms with E-state index >= 15 is 0 Å². The van der Waals surface area contributed by atoms with Crippen LogP contribution in [-0.4, -0.2) is 43.6 Å². The second-order valence-corrected chi connectivity index (χ2v) is 8.22. The van der Waals surface area contributed by atoms with E-state index in [2.05, 4.69) is 0 Å². The number of rotatable bonds is 6. The van der Waals surface area contributed by atoms with Gasteiger partial charge in [0.05, 0.1) is 12.7 Å². The molecule has 7 heteroatoms. The van der Waals surface area contributed by atoms with E-state index < -0.39 is 10.0 Å². The molecule has 1 fully saturated rings. The van der Waals surface area contributed by atoms with E-state index in [-0.39, 0.29) is 12.7 Å². The minimum absolute atomic E-state index is 0.00287. The lowest BCUT2D eigenvalue weighted by atomic mass is 10.2. The molecular formula is C13H21NO4S2. The van der Waals surface area contributed by atoms with Gasteiger partial charge in [0, 0.05) is 24.6 Å². The van der Waals surface area contributed by atoms with Crippen LogP contribution in [0, 0.1) is 6.92 Å². The van der Waals surface area contributed by atoms with E-state index in [0.717, 1.165) is 36.3 Å². The Hall–Kier alpha value is -0.470. The van der Waals surface area contributed by atoms with Gasteiger partial charge in [0.1, 0.15) is 4.21 Å². The molecule has 0 aromatic carbocycles. The van der Waals surface area contributed by atoms with Crippen LogP contribution in [0.2, 0.25) is 0 Å². The quantitative estimate of drug-likeness (QED) is 0.867. The average Bonchev–Trinajstić information content (AvgIpc) is 3.04. The lowest BCUT2D eigenvalue weighted by Crippen LogP contribution is -2.36. The van der Waals surface area contributed by atoms with Gasteiger partial charge >= 0.3 is 0 Å². The normalized spacial score (nSPS) is 19.9. The number of aliphatic hydroxyl groups excluding tert-OH is 1. The number of sulfonamides is 1. The summed E-state index contributed by atoms with van der Waals surface area (Å²) in [4.78, 5) is 0.705. The van der Waals surface area contributed by atoms with Crippen molar-refractivity contribution < 1.29 is 18.3 Å². The predicted octanol–water partition coefficient (Wildman–Crippen LogP) is 1.74. The van der Waals surface area contributed by atoms with Gasteiger partial charge in [-0.3, -0.25) is 0 Å². The lowest BCUT2D eigenvalue weighted by molar-refractivity contribution is 0.0947. The molecule has 20 heavy (non-hydrogen) atoms. The van der Waals surface area contributed by atoms with Crippen LogP contribution in [0.25, 0.3) is 0 Å². The zero-order chi connectivity index (χ0) is 14.8. The van der Waals surface area contributed by atoms with Gasteiger partial charge in [-0.1, -0.05) is 6.92 Å². The Morgan fingerprint density at radius 2 is 2.30 bits per heavy atom. The maximum Gasteiger partial charge on any atom is 0.252 e. The summed E-state index contributed by atoms with van der Waals surface area (Å²) < 4.78 is 32.6. The van der Waals surface area contributed by atoms with Crippen LogP contribution in [0.15, 0.2) is 10.3 Å². The SMILES string of the molecule is CCN(CC1CCCO1)S(=O)(=O)c1cc(C)c(CO)s1. The van der Waals surface area contributed by atoms with Crippen molar-refractivity contribution >= 4 is 21.4 Å². The molecule has 1 aliphatic rings. The molecule has 0 radical (unpaired) electrons. The van der Waals surface area contributed by atoms with E-state index in [1.165, 1.54) is 4.31 Å². The number of thiophene rings is 1. The molecule has 2 rings (SSSR count). The van der Waals surface area contributed by atoms with Crippen LogP contribution < -0.4 is 0 Å². The largest absolute Gasteiger partial charge is 0.391 e. The first-order valence-corrected chi connectivity index (χ1v) is 9.06. The van der Waals surface area contributed by atoms with Crippen molar-refractivity contribution in [3.8, 4) is 0 Å². The third kappa shape index (κ3) is 3.23. The third-order valence-corrected chi connectivity index (χ3v) is 7.13. The Balaban J connectivity index is 2.21. The molecule has 0 saturated carbocycles. The highest BCUT2D eigenvalue weighted by molar-refractivity contribution is 7.91. The van der Waals surface area contributed by atoms with E-state index in [4.69, 9.17) is 4.74 Å². The Kier molecular flexibility index (Phi) is 5.19. The molecule has 1 saturated heterocycles. The first-order chi connectivity index (χ1) is 9.48. The van der Waals surface area contributed by atoms with Crippen molar-refractivity contribution in [2.45, 2.75) is 43.6 Å². The first kappa shape index (κ1) is 15.9. The third-order valence-electron chi connectivity index (χ3n) is 3.52. The van der Waals surface area contributed by atoms with E-state index in [1.807, 2.05) is 13.8 Å². The molecule has 1 aromatic heterocycles. The number of ether oxygens (including phenoxy) is 1. The summed E-state index contributed by atoms with van der Waals surface area (Å²) in [7, 11) is -3.49. The molecule has 1 atom stereocenters. The summed E-state index contributed by atoms with van der Waals surface area (Å²) in [6.45, 7) is 5.08. The Morgan fingerprint density at radius 3 is 2.80 bits per heavy atom. The Bertz CT molecular complexity index is 547. The van der Waals surface area contributed by atoms with Gasteiger partial charge in [0.25, 0.3) is 10.0 Å². The highest BCUT2D eigenvalue weighted by atomic mass is 32.2. The number of likely N-dealkylation sites (N-methyl/N-ethyl adjacent to an activating group) is 1. The van der Waals surface area contributed by atoms with Crippen LogP contribution in [0.5, 0.6) is 0 Å². The fourth-order valence-corrected chi connectivity index (χ4v) is 5.40. The lowest BCUT2D eigenvalue weighted by Gasteiger charge is -2.22. The van der Waals surface area contributed by atoms with Crippen LogP contribution in [-0.2, 0) is 21.4 Å². The summed E-state index contributed by atoms with van der Waals surface area (Å²) >= 11 is 1.15. The summed E-state index contributed by atoms with van der Waals surface area (Å²) in [5, 5.41) is 9.21. The summed E-state index contributed by atoms with van der Waals surface area (Å²) in [6, 6.07) is 1.64. The standard InChI is InChI=1S/C13H21NO4S2/c1-3-14(8-11-5-4-6-18-11)20(16,17)13-7-10(2)12(9-15)19-13/h7,11,15H,3-6,8-9H2,1-2H3. The van der Waals surface area contributed by atoms with Crippen LogP contribution >= 0.6 is 11.3 Å². The van der Waals surface area contributed by atoms with Crippen molar-refractivity contribution in [1.29, 1.82) is 0 Å². The Labute approximate surface area is 124 Å². The average molecular weight is 319 g/mol. The van der Waals surface area contributed by atoms with Crippen molar-refractivity contribution in [2.75, 3.05) is 19.7 Å². The topological polar surface area (TPSA) is 66.8 Å². The van der Waals surface area contributed by atoms with Crippen LogP contribution in [0.3, 0.4) is 0 Å². The van der Waals surface area contributed by atoms with Crippen molar-refractivity contribution in [3.63, 3.8) is 0 Å². The fourth-order valence-electron chi connectivity index (χ4n) is 2.31.